The number of aliphatic hydroxyl groups is 1. The SMILES string of the molecule is CC(C)C[C@H](N)C(O)c1n[nH]c(=O)o1. The molecule has 4 N–H and O–H groups in total. The number of aromatic nitrogens is 2. The normalized spacial score (nSPS) is 15.8. The van der Waals surface area contributed by atoms with E-state index >= 15 is 0 Å². The summed E-state index contributed by atoms with van der Waals surface area (Å²) < 4.78 is 4.60. The molecule has 80 valence electrons. The van der Waals surface area contributed by atoms with E-state index in [1.54, 1.807) is 0 Å². The highest BCUT2D eigenvalue weighted by Gasteiger charge is 2.22. The van der Waals surface area contributed by atoms with Crippen molar-refractivity contribution in [1.82, 2.24) is 10.2 Å². The van der Waals surface area contributed by atoms with Gasteiger partial charge in [0.15, 0.2) is 0 Å². The van der Waals surface area contributed by atoms with Crippen LogP contribution in [0.5, 0.6) is 0 Å². The summed E-state index contributed by atoms with van der Waals surface area (Å²) in [5.74, 6) is -0.371. The van der Waals surface area contributed by atoms with Gasteiger partial charge in [0, 0.05) is 6.04 Å². The molecule has 0 aliphatic carbocycles. The number of aliphatic hydroxyl groups excluding tert-OH is 1. The lowest BCUT2D eigenvalue weighted by Crippen LogP contribution is -2.30. The van der Waals surface area contributed by atoms with Crippen LogP contribution in [-0.2, 0) is 0 Å². The molecule has 2 atom stereocenters. The topological polar surface area (TPSA) is 105 Å². The van der Waals surface area contributed by atoms with Crippen molar-refractivity contribution in [3.8, 4) is 0 Å². The maximum absolute atomic E-state index is 10.6. The highest BCUT2D eigenvalue weighted by atomic mass is 16.4. The fourth-order valence-electron chi connectivity index (χ4n) is 1.22. The Bertz CT molecular complexity index is 331. The van der Waals surface area contributed by atoms with Crippen LogP contribution >= 0.6 is 0 Å². The van der Waals surface area contributed by atoms with Crippen molar-refractivity contribution in [3.05, 3.63) is 16.4 Å². The van der Waals surface area contributed by atoms with Crippen LogP contribution in [0.2, 0.25) is 0 Å². The molecule has 0 aliphatic rings. The van der Waals surface area contributed by atoms with E-state index in [-0.39, 0.29) is 5.89 Å². The minimum Gasteiger partial charge on any atom is -0.390 e. The molecule has 1 unspecified atom stereocenters. The fraction of sp³-hybridized carbons (Fsp3) is 0.750. The molecule has 1 aromatic rings. The predicted molar refractivity (Wildman–Crippen MR) is 49.5 cm³/mol. The lowest BCUT2D eigenvalue weighted by atomic mass is 10.0. The lowest BCUT2D eigenvalue weighted by molar-refractivity contribution is 0.105. The first kappa shape index (κ1) is 10.9. The summed E-state index contributed by atoms with van der Waals surface area (Å²) in [6.45, 7) is 3.99. The van der Waals surface area contributed by atoms with E-state index in [1.807, 2.05) is 13.8 Å². The molecular weight excluding hydrogens is 186 g/mol. The Morgan fingerprint density at radius 1 is 1.64 bits per heavy atom. The number of hydrogen-bond acceptors (Lipinski definition) is 5. The van der Waals surface area contributed by atoms with Crippen LogP contribution in [0.4, 0.5) is 0 Å². The van der Waals surface area contributed by atoms with Gasteiger partial charge in [-0.3, -0.25) is 0 Å². The van der Waals surface area contributed by atoms with Crippen molar-refractivity contribution in [2.75, 3.05) is 0 Å². The molecule has 1 aromatic heterocycles. The van der Waals surface area contributed by atoms with Crippen molar-refractivity contribution in [1.29, 1.82) is 0 Å². The van der Waals surface area contributed by atoms with Crippen LogP contribution in [0.25, 0.3) is 0 Å². The molecule has 0 fully saturated rings. The average Bonchev–Trinajstić information content (AvgIpc) is 2.49. The maximum Gasteiger partial charge on any atom is 0.434 e. The Morgan fingerprint density at radius 2 is 2.29 bits per heavy atom. The van der Waals surface area contributed by atoms with Crippen molar-refractivity contribution < 1.29 is 9.52 Å². The summed E-state index contributed by atoms with van der Waals surface area (Å²) in [5, 5.41) is 15.2. The van der Waals surface area contributed by atoms with Crippen LogP contribution in [-0.4, -0.2) is 21.3 Å². The molecular formula is C8H15N3O3. The number of rotatable bonds is 4. The first-order valence-electron chi connectivity index (χ1n) is 4.49. The Morgan fingerprint density at radius 3 is 2.71 bits per heavy atom. The molecule has 0 radical (unpaired) electrons. The van der Waals surface area contributed by atoms with Gasteiger partial charge in [-0.2, -0.15) is 0 Å². The molecule has 0 aromatic carbocycles. The van der Waals surface area contributed by atoms with E-state index in [9.17, 15) is 9.90 Å². The second kappa shape index (κ2) is 4.39. The minimum atomic E-state index is -1.03. The highest BCUT2D eigenvalue weighted by molar-refractivity contribution is 4.87. The van der Waals surface area contributed by atoms with Crippen molar-refractivity contribution in [3.63, 3.8) is 0 Å². The van der Waals surface area contributed by atoms with Gasteiger partial charge in [-0.25, -0.2) is 9.89 Å². The van der Waals surface area contributed by atoms with E-state index in [0.29, 0.717) is 12.3 Å². The molecule has 0 saturated heterocycles. The van der Waals surface area contributed by atoms with Crippen molar-refractivity contribution in [2.24, 2.45) is 11.7 Å². The van der Waals surface area contributed by atoms with Gasteiger partial charge in [-0.15, -0.1) is 5.10 Å². The zero-order valence-electron chi connectivity index (χ0n) is 8.23. The predicted octanol–water partition coefficient (Wildman–Crippen LogP) is -0.230. The number of hydrogen-bond donors (Lipinski definition) is 3. The largest absolute Gasteiger partial charge is 0.434 e. The standard InChI is InChI=1S/C8H15N3O3/c1-4(2)3-5(9)6(12)7-10-11-8(13)14-7/h4-6,12H,3,9H2,1-2H3,(H,11,13)/t5-,6?/m0/s1. The van der Waals surface area contributed by atoms with Gasteiger partial charge in [0.25, 0.3) is 0 Å². The van der Waals surface area contributed by atoms with Crippen LogP contribution in [0.1, 0.15) is 32.3 Å². The third kappa shape index (κ3) is 2.68. The van der Waals surface area contributed by atoms with Gasteiger partial charge in [-0.1, -0.05) is 13.8 Å². The Kier molecular flexibility index (Phi) is 3.43. The van der Waals surface area contributed by atoms with Gasteiger partial charge in [0.05, 0.1) is 0 Å². The Balaban J connectivity index is 2.65. The highest BCUT2D eigenvalue weighted by Crippen LogP contribution is 2.16. The van der Waals surface area contributed by atoms with Crippen molar-refractivity contribution in [2.45, 2.75) is 32.4 Å². The molecule has 0 bridgehead atoms. The summed E-state index contributed by atoms with van der Waals surface area (Å²) in [6.07, 6.45) is -0.395. The van der Waals surface area contributed by atoms with E-state index in [0.717, 1.165) is 0 Å². The zero-order chi connectivity index (χ0) is 10.7. The summed E-state index contributed by atoms with van der Waals surface area (Å²) >= 11 is 0. The van der Waals surface area contributed by atoms with Crippen LogP contribution in [0, 0.1) is 5.92 Å². The lowest BCUT2D eigenvalue weighted by Gasteiger charge is -2.17. The van der Waals surface area contributed by atoms with Crippen molar-refractivity contribution >= 4 is 0 Å². The number of aromatic amines is 1. The second-order valence-corrected chi connectivity index (χ2v) is 3.69. The smallest absolute Gasteiger partial charge is 0.390 e. The minimum absolute atomic E-state index is 0.0526. The van der Waals surface area contributed by atoms with E-state index < -0.39 is 17.9 Å². The third-order valence-corrected chi connectivity index (χ3v) is 1.86. The quantitative estimate of drug-likeness (QED) is 0.624. The van der Waals surface area contributed by atoms with Gasteiger partial charge in [0.2, 0.25) is 5.89 Å². The monoisotopic (exact) mass is 201 g/mol. The first-order valence-corrected chi connectivity index (χ1v) is 4.49. The number of H-pyrrole nitrogens is 1. The third-order valence-electron chi connectivity index (χ3n) is 1.86. The van der Waals surface area contributed by atoms with Crippen LogP contribution in [0.3, 0.4) is 0 Å². The molecule has 0 saturated carbocycles. The molecule has 0 spiro atoms. The molecule has 14 heavy (non-hydrogen) atoms. The van der Waals surface area contributed by atoms with E-state index in [1.165, 1.54) is 0 Å². The fourth-order valence-corrected chi connectivity index (χ4v) is 1.22. The molecule has 0 aliphatic heterocycles. The molecule has 6 nitrogen and oxygen atoms in total. The number of nitrogens with zero attached hydrogens (tertiary/aromatic N) is 1. The average molecular weight is 201 g/mol. The summed E-state index contributed by atoms with van der Waals surface area (Å²) in [5.41, 5.74) is 5.69. The molecule has 0 amide bonds. The van der Waals surface area contributed by atoms with Gasteiger partial charge < -0.3 is 15.3 Å². The van der Waals surface area contributed by atoms with Gasteiger partial charge in [0.1, 0.15) is 6.10 Å². The molecule has 6 heteroatoms. The molecule has 1 rings (SSSR count). The van der Waals surface area contributed by atoms with E-state index in [2.05, 4.69) is 14.6 Å². The summed E-state index contributed by atoms with van der Waals surface area (Å²) in [4.78, 5) is 10.6. The maximum atomic E-state index is 10.6. The molecule has 1 heterocycles. The Labute approximate surface area is 81.1 Å². The first-order chi connectivity index (χ1) is 6.50. The summed E-state index contributed by atoms with van der Waals surface area (Å²) in [6, 6.07) is -0.471. The number of nitrogens with two attached hydrogens (primary N) is 1. The Hall–Kier alpha value is -1.14. The number of nitrogens with one attached hydrogen (secondary N) is 1. The second-order valence-electron chi connectivity index (χ2n) is 3.69. The van der Waals surface area contributed by atoms with Crippen LogP contribution < -0.4 is 11.5 Å². The van der Waals surface area contributed by atoms with Crippen LogP contribution in [0.15, 0.2) is 9.21 Å². The van der Waals surface area contributed by atoms with Gasteiger partial charge >= 0.3 is 5.76 Å². The van der Waals surface area contributed by atoms with Gasteiger partial charge in [-0.05, 0) is 12.3 Å². The van der Waals surface area contributed by atoms with E-state index in [4.69, 9.17) is 5.73 Å². The zero-order valence-corrected chi connectivity index (χ0v) is 8.23. The summed E-state index contributed by atoms with van der Waals surface area (Å²) in [7, 11) is 0.